The summed E-state index contributed by atoms with van der Waals surface area (Å²) in [7, 11) is 0. The van der Waals surface area contributed by atoms with Gasteiger partial charge in [-0.05, 0) is 87.3 Å². The number of rotatable bonds is 11. The number of aryl methyl sites for hydroxylation is 2. The maximum Gasteiger partial charge on any atom is 0.129 e. The third kappa shape index (κ3) is 13.4. The van der Waals surface area contributed by atoms with E-state index in [2.05, 4.69) is 63.2 Å². The number of nitrogens with zero attached hydrogens (tertiary/aromatic N) is 1. The lowest BCUT2D eigenvalue weighted by Gasteiger charge is -2.11. The molecule has 0 radical (unpaired) electrons. The largest absolute Gasteiger partial charge is 0.493 e. The van der Waals surface area contributed by atoms with Gasteiger partial charge in [0.1, 0.15) is 17.3 Å². The summed E-state index contributed by atoms with van der Waals surface area (Å²) >= 11 is 0. The number of ketones is 2. The van der Waals surface area contributed by atoms with Gasteiger partial charge in [-0.2, -0.15) is 0 Å². The highest BCUT2D eigenvalue weighted by Gasteiger charge is 2.21. The van der Waals surface area contributed by atoms with Crippen LogP contribution in [-0.2, 0) is 16.0 Å². The van der Waals surface area contributed by atoms with Gasteiger partial charge in [-0.3, -0.25) is 4.99 Å². The topological polar surface area (TPSA) is 55.7 Å². The Labute approximate surface area is 219 Å². The van der Waals surface area contributed by atoms with Crippen molar-refractivity contribution in [2.24, 2.45) is 10.9 Å². The number of hydrogen-bond donors (Lipinski definition) is 0. The molecule has 4 heteroatoms. The monoisotopic (exact) mass is 493 g/mol. The molecular weight excluding hydrogens is 446 g/mol. The Hall–Kier alpha value is -2.75. The first-order chi connectivity index (χ1) is 17.2. The van der Waals surface area contributed by atoms with Crippen molar-refractivity contribution >= 4 is 23.0 Å². The van der Waals surface area contributed by atoms with Crippen LogP contribution in [0, 0.1) is 12.8 Å². The molecule has 0 heterocycles. The van der Waals surface area contributed by atoms with Crippen LogP contribution in [0.3, 0.4) is 0 Å². The van der Waals surface area contributed by atoms with Gasteiger partial charge in [0.2, 0.25) is 0 Å². The van der Waals surface area contributed by atoms with Crippen LogP contribution < -0.4 is 4.74 Å². The van der Waals surface area contributed by atoms with Crippen molar-refractivity contribution in [3.05, 3.63) is 59.2 Å². The standard InChI is InChI=1S/C24H31NO.2C4H8O/c1-4-6-19-10-12-21(13-11-19)24(7-5-2)25-23-15-14-22(16-18(23)3)26-17-20-8-9-20;2*1-3-4(2)5/h10-16,20H,4-9,17H2,1-3H3;2*3H2,1-2H3. The first-order valence-corrected chi connectivity index (χ1v) is 13.6. The van der Waals surface area contributed by atoms with Crippen molar-refractivity contribution in [1.82, 2.24) is 0 Å². The van der Waals surface area contributed by atoms with Crippen LogP contribution >= 0.6 is 0 Å². The van der Waals surface area contributed by atoms with E-state index in [1.807, 2.05) is 13.8 Å². The lowest BCUT2D eigenvalue weighted by molar-refractivity contribution is -0.117. The summed E-state index contributed by atoms with van der Waals surface area (Å²) in [6, 6.07) is 15.2. The molecule has 4 nitrogen and oxygen atoms in total. The van der Waals surface area contributed by atoms with Crippen molar-refractivity contribution in [1.29, 1.82) is 0 Å². The Morgan fingerprint density at radius 1 is 0.889 bits per heavy atom. The van der Waals surface area contributed by atoms with E-state index in [1.54, 1.807) is 13.8 Å². The zero-order valence-electron chi connectivity index (χ0n) is 23.7. The second-order valence-corrected chi connectivity index (χ2v) is 9.57. The van der Waals surface area contributed by atoms with Crippen molar-refractivity contribution in [3.8, 4) is 5.75 Å². The summed E-state index contributed by atoms with van der Waals surface area (Å²) in [5.74, 6) is 2.25. The van der Waals surface area contributed by atoms with Gasteiger partial charge in [0.25, 0.3) is 0 Å². The van der Waals surface area contributed by atoms with E-state index in [-0.39, 0.29) is 11.6 Å². The van der Waals surface area contributed by atoms with Crippen LogP contribution in [-0.4, -0.2) is 23.9 Å². The van der Waals surface area contributed by atoms with Crippen LogP contribution in [0.2, 0.25) is 0 Å². The fourth-order valence-electron chi connectivity index (χ4n) is 3.14. The lowest BCUT2D eigenvalue weighted by atomic mass is 10.0. The van der Waals surface area contributed by atoms with E-state index in [4.69, 9.17) is 9.73 Å². The molecule has 0 bridgehead atoms. The minimum absolute atomic E-state index is 0.255. The molecule has 0 N–H and O–H groups in total. The van der Waals surface area contributed by atoms with E-state index in [1.165, 1.54) is 41.7 Å². The number of aliphatic imine (C=N–C) groups is 1. The van der Waals surface area contributed by atoms with E-state index >= 15 is 0 Å². The highest BCUT2D eigenvalue weighted by Crippen LogP contribution is 2.31. The van der Waals surface area contributed by atoms with Crippen LogP contribution in [0.4, 0.5) is 5.69 Å². The summed E-state index contributed by atoms with van der Waals surface area (Å²) in [5.41, 5.74) is 6.03. The SMILES string of the molecule is CCC(C)=O.CCC(C)=O.CCCC(=Nc1ccc(OCC2CC2)cc1C)c1ccc(CCC)cc1. The average molecular weight is 494 g/mol. The molecular formula is C32H47NO3. The molecule has 36 heavy (non-hydrogen) atoms. The second-order valence-electron chi connectivity index (χ2n) is 9.57. The number of benzene rings is 2. The van der Waals surface area contributed by atoms with Crippen LogP contribution in [0.5, 0.6) is 5.75 Å². The van der Waals surface area contributed by atoms with Gasteiger partial charge in [0, 0.05) is 18.6 Å². The summed E-state index contributed by atoms with van der Waals surface area (Å²) in [6.45, 7) is 14.3. The zero-order chi connectivity index (χ0) is 26.9. The third-order valence-corrected chi connectivity index (χ3v) is 5.91. The fourth-order valence-corrected chi connectivity index (χ4v) is 3.14. The van der Waals surface area contributed by atoms with Crippen molar-refractivity contribution in [3.63, 3.8) is 0 Å². The Kier molecular flexibility index (Phi) is 15.3. The normalized spacial score (nSPS) is 12.6. The molecule has 1 aliphatic carbocycles. The van der Waals surface area contributed by atoms with Gasteiger partial charge in [-0.1, -0.05) is 64.8 Å². The smallest absolute Gasteiger partial charge is 0.129 e. The molecule has 3 rings (SSSR count). The molecule has 198 valence electrons. The van der Waals surface area contributed by atoms with Crippen molar-refractivity contribution < 1.29 is 14.3 Å². The number of ether oxygens (including phenoxy) is 1. The first-order valence-electron chi connectivity index (χ1n) is 13.6. The molecule has 0 saturated heterocycles. The Morgan fingerprint density at radius 2 is 1.47 bits per heavy atom. The molecule has 0 spiro atoms. The van der Waals surface area contributed by atoms with Gasteiger partial charge in [-0.25, -0.2) is 0 Å². The highest BCUT2D eigenvalue weighted by molar-refractivity contribution is 6.02. The van der Waals surface area contributed by atoms with Gasteiger partial charge >= 0.3 is 0 Å². The van der Waals surface area contributed by atoms with Gasteiger partial charge in [0.15, 0.2) is 0 Å². The predicted molar refractivity (Wildman–Crippen MR) is 153 cm³/mol. The van der Waals surface area contributed by atoms with E-state index in [0.29, 0.717) is 12.8 Å². The van der Waals surface area contributed by atoms with E-state index in [9.17, 15) is 9.59 Å². The number of hydrogen-bond acceptors (Lipinski definition) is 4. The number of carbonyl (C=O) groups excluding carboxylic acids is 2. The Balaban J connectivity index is 0.000000550. The minimum Gasteiger partial charge on any atom is -0.493 e. The molecule has 0 aromatic heterocycles. The third-order valence-electron chi connectivity index (χ3n) is 5.91. The van der Waals surface area contributed by atoms with Crippen LogP contribution in [0.25, 0.3) is 0 Å². The fraction of sp³-hybridized carbons (Fsp3) is 0.531. The molecule has 0 atom stereocenters. The van der Waals surface area contributed by atoms with Crippen molar-refractivity contribution in [2.45, 2.75) is 99.8 Å². The van der Waals surface area contributed by atoms with E-state index in [0.717, 1.165) is 43.2 Å². The van der Waals surface area contributed by atoms with Crippen LogP contribution in [0.15, 0.2) is 47.5 Å². The quantitative estimate of drug-likeness (QED) is 0.294. The maximum atomic E-state index is 9.81. The first kappa shape index (κ1) is 31.3. The maximum absolute atomic E-state index is 9.81. The molecule has 1 saturated carbocycles. The lowest BCUT2D eigenvalue weighted by Crippen LogP contribution is -2.01. The number of Topliss-reactive ketones (excluding diaryl/α,β-unsaturated/α-hetero) is 2. The minimum atomic E-state index is 0.255. The average Bonchev–Trinajstić information content (AvgIpc) is 3.70. The molecule has 0 unspecified atom stereocenters. The van der Waals surface area contributed by atoms with Gasteiger partial charge < -0.3 is 14.3 Å². The molecule has 1 fully saturated rings. The van der Waals surface area contributed by atoms with Gasteiger partial charge in [-0.15, -0.1) is 0 Å². The molecule has 2 aromatic carbocycles. The van der Waals surface area contributed by atoms with E-state index < -0.39 is 0 Å². The Bertz CT molecular complexity index is 942. The highest BCUT2D eigenvalue weighted by atomic mass is 16.5. The number of carbonyl (C=O) groups is 2. The summed E-state index contributed by atoms with van der Waals surface area (Å²) < 4.78 is 5.89. The zero-order valence-corrected chi connectivity index (χ0v) is 23.7. The Morgan fingerprint density at radius 3 is 1.92 bits per heavy atom. The van der Waals surface area contributed by atoms with Gasteiger partial charge in [0.05, 0.1) is 12.3 Å². The summed E-state index contributed by atoms with van der Waals surface area (Å²) in [5, 5.41) is 0. The molecule has 0 amide bonds. The predicted octanol–water partition coefficient (Wildman–Crippen LogP) is 8.63. The molecule has 0 aliphatic heterocycles. The molecule has 2 aromatic rings. The van der Waals surface area contributed by atoms with Crippen LogP contribution in [0.1, 0.15) is 103 Å². The summed E-state index contributed by atoms with van der Waals surface area (Å²) in [6.07, 6.45) is 8.38. The van der Waals surface area contributed by atoms with Crippen molar-refractivity contribution in [2.75, 3.05) is 6.61 Å². The second kappa shape index (κ2) is 17.6. The molecule has 1 aliphatic rings. The summed E-state index contributed by atoms with van der Waals surface area (Å²) in [4.78, 5) is 24.6.